The van der Waals surface area contributed by atoms with Crippen molar-refractivity contribution in [1.82, 2.24) is 5.32 Å². The predicted molar refractivity (Wildman–Crippen MR) is 79.7 cm³/mol. The maximum Gasteiger partial charge on any atom is 0.305 e. The lowest BCUT2D eigenvalue weighted by Crippen LogP contribution is -2.51. The van der Waals surface area contributed by atoms with Gasteiger partial charge in [-0.25, -0.2) is 0 Å². The van der Waals surface area contributed by atoms with Crippen molar-refractivity contribution in [2.24, 2.45) is 0 Å². The molecule has 3 rings (SSSR count). The van der Waals surface area contributed by atoms with Crippen LogP contribution < -0.4 is 14.8 Å². The number of ether oxygens (including phenoxy) is 3. The van der Waals surface area contributed by atoms with Gasteiger partial charge in [-0.3, -0.25) is 9.59 Å². The summed E-state index contributed by atoms with van der Waals surface area (Å²) in [5.74, 6) is 0.126. The van der Waals surface area contributed by atoms with Gasteiger partial charge in [-0.1, -0.05) is 6.07 Å². The molecule has 23 heavy (non-hydrogen) atoms. The molecule has 2 heterocycles. The number of carbonyl (C=O) groups excluding carboxylic acids is 1. The summed E-state index contributed by atoms with van der Waals surface area (Å²) in [5.41, 5.74) is -0.0207. The summed E-state index contributed by atoms with van der Waals surface area (Å²) < 4.78 is 16.2. The van der Waals surface area contributed by atoms with Crippen molar-refractivity contribution in [3.63, 3.8) is 0 Å². The lowest BCUT2D eigenvalue weighted by molar-refractivity contribution is -0.139. The summed E-state index contributed by atoms with van der Waals surface area (Å²) in [6.45, 7) is 1.69. The van der Waals surface area contributed by atoms with E-state index in [0.717, 1.165) is 5.56 Å². The number of aliphatic carboxylic acids is 1. The zero-order valence-corrected chi connectivity index (χ0v) is 12.7. The molecule has 0 radical (unpaired) electrons. The van der Waals surface area contributed by atoms with Gasteiger partial charge in [-0.15, -0.1) is 0 Å². The Morgan fingerprint density at radius 1 is 1.17 bits per heavy atom. The normalized spacial score (nSPS) is 22.6. The van der Waals surface area contributed by atoms with E-state index < -0.39 is 11.5 Å². The summed E-state index contributed by atoms with van der Waals surface area (Å²) in [4.78, 5) is 23.3. The van der Waals surface area contributed by atoms with Crippen LogP contribution in [0.1, 0.15) is 18.4 Å². The van der Waals surface area contributed by atoms with E-state index in [-0.39, 0.29) is 25.4 Å². The summed E-state index contributed by atoms with van der Waals surface area (Å²) in [6.07, 6.45) is 0.518. The lowest BCUT2D eigenvalue weighted by Gasteiger charge is -2.27. The topological polar surface area (TPSA) is 94.1 Å². The molecule has 0 bridgehead atoms. The molecule has 7 nitrogen and oxygen atoms in total. The van der Waals surface area contributed by atoms with Crippen molar-refractivity contribution in [2.75, 3.05) is 26.4 Å². The van der Waals surface area contributed by atoms with Gasteiger partial charge in [0.2, 0.25) is 5.91 Å². The van der Waals surface area contributed by atoms with E-state index in [1.54, 1.807) is 12.1 Å². The van der Waals surface area contributed by atoms with Gasteiger partial charge in [-0.05, 0) is 24.1 Å². The fraction of sp³-hybridized carbons (Fsp3) is 0.500. The molecule has 124 valence electrons. The molecule has 2 aliphatic rings. The van der Waals surface area contributed by atoms with Gasteiger partial charge in [-0.2, -0.15) is 0 Å². The highest BCUT2D eigenvalue weighted by Gasteiger charge is 2.38. The minimum absolute atomic E-state index is 0.139. The second-order valence-corrected chi connectivity index (χ2v) is 5.86. The third-order valence-electron chi connectivity index (χ3n) is 3.97. The van der Waals surface area contributed by atoms with Gasteiger partial charge in [0.05, 0.1) is 25.0 Å². The third kappa shape index (κ3) is 3.73. The summed E-state index contributed by atoms with van der Waals surface area (Å²) in [7, 11) is 0. The third-order valence-corrected chi connectivity index (χ3v) is 3.97. The monoisotopic (exact) mass is 321 g/mol. The van der Waals surface area contributed by atoms with Gasteiger partial charge < -0.3 is 24.6 Å². The number of benzene rings is 1. The highest BCUT2D eigenvalue weighted by atomic mass is 16.6. The Hall–Kier alpha value is -2.28. The van der Waals surface area contributed by atoms with Crippen LogP contribution in [-0.2, 0) is 20.7 Å². The van der Waals surface area contributed by atoms with Gasteiger partial charge in [0.1, 0.15) is 13.2 Å². The van der Waals surface area contributed by atoms with Crippen molar-refractivity contribution in [3.8, 4) is 11.5 Å². The first-order valence-corrected chi connectivity index (χ1v) is 7.55. The smallest absolute Gasteiger partial charge is 0.305 e. The van der Waals surface area contributed by atoms with Crippen LogP contribution >= 0.6 is 0 Å². The molecule has 1 unspecified atom stereocenters. The number of carboxylic acid groups (broad SMARTS) is 1. The molecule has 7 heteroatoms. The van der Waals surface area contributed by atoms with E-state index in [2.05, 4.69) is 5.32 Å². The molecule has 1 aromatic carbocycles. The largest absolute Gasteiger partial charge is 0.486 e. The minimum atomic E-state index is -0.949. The standard InChI is InChI=1S/C16H19NO6/c18-14(17-16(9-15(19)20)3-4-21-10-16)8-11-1-2-12-13(7-11)23-6-5-22-12/h1-2,7H,3-6,8-10H2,(H,17,18)(H,19,20). The zero-order valence-electron chi connectivity index (χ0n) is 12.7. The fourth-order valence-electron chi connectivity index (χ4n) is 2.90. The van der Waals surface area contributed by atoms with Crippen LogP contribution in [0.2, 0.25) is 0 Å². The Kier molecular flexibility index (Phi) is 4.38. The van der Waals surface area contributed by atoms with E-state index >= 15 is 0 Å². The van der Waals surface area contributed by atoms with Crippen molar-refractivity contribution >= 4 is 11.9 Å². The maximum atomic E-state index is 12.3. The van der Waals surface area contributed by atoms with E-state index in [4.69, 9.17) is 19.3 Å². The van der Waals surface area contributed by atoms with Crippen LogP contribution in [0.25, 0.3) is 0 Å². The zero-order chi connectivity index (χ0) is 16.3. The summed E-state index contributed by atoms with van der Waals surface area (Å²) >= 11 is 0. The molecular formula is C16H19NO6. The average molecular weight is 321 g/mol. The number of carbonyl (C=O) groups is 2. The fourth-order valence-corrected chi connectivity index (χ4v) is 2.90. The highest BCUT2D eigenvalue weighted by Crippen LogP contribution is 2.31. The van der Waals surface area contributed by atoms with Crippen LogP contribution in [0.4, 0.5) is 0 Å². The Labute approximate surface area is 133 Å². The first kappa shape index (κ1) is 15.6. The number of hydrogen-bond acceptors (Lipinski definition) is 5. The van der Waals surface area contributed by atoms with E-state index in [1.807, 2.05) is 6.07 Å². The van der Waals surface area contributed by atoms with Gasteiger partial charge in [0.15, 0.2) is 11.5 Å². The molecule has 1 saturated heterocycles. The van der Waals surface area contributed by atoms with Crippen molar-refractivity contribution in [3.05, 3.63) is 23.8 Å². The highest BCUT2D eigenvalue weighted by molar-refractivity contribution is 5.80. The summed E-state index contributed by atoms with van der Waals surface area (Å²) in [6, 6.07) is 5.37. The number of nitrogens with one attached hydrogen (secondary N) is 1. The minimum Gasteiger partial charge on any atom is -0.486 e. The van der Waals surface area contributed by atoms with Crippen molar-refractivity contribution < 1.29 is 28.9 Å². The molecular weight excluding hydrogens is 302 g/mol. The number of carboxylic acids is 1. The van der Waals surface area contributed by atoms with E-state index in [9.17, 15) is 9.59 Å². The number of amides is 1. The summed E-state index contributed by atoms with van der Waals surface area (Å²) in [5, 5.41) is 11.9. The van der Waals surface area contributed by atoms with Crippen molar-refractivity contribution in [2.45, 2.75) is 24.8 Å². The first-order valence-electron chi connectivity index (χ1n) is 7.55. The molecule has 2 N–H and O–H groups in total. The van der Waals surface area contributed by atoms with Gasteiger partial charge >= 0.3 is 5.97 Å². The molecule has 2 aliphatic heterocycles. The molecule has 0 aromatic heterocycles. The Balaban J connectivity index is 1.65. The molecule has 1 aromatic rings. The van der Waals surface area contributed by atoms with Crippen LogP contribution in [0, 0.1) is 0 Å². The average Bonchev–Trinajstić information content (AvgIpc) is 2.94. The number of fused-ring (bicyclic) bond motifs is 1. The van der Waals surface area contributed by atoms with Crippen LogP contribution in [0.5, 0.6) is 11.5 Å². The second kappa shape index (κ2) is 6.45. The number of rotatable bonds is 5. The second-order valence-electron chi connectivity index (χ2n) is 5.86. The van der Waals surface area contributed by atoms with Crippen LogP contribution in [0.3, 0.4) is 0 Å². The van der Waals surface area contributed by atoms with E-state index in [0.29, 0.717) is 37.7 Å². The van der Waals surface area contributed by atoms with E-state index in [1.165, 1.54) is 0 Å². The molecule has 1 atom stereocenters. The lowest BCUT2D eigenvalue weighted by atomic mass is 9.94. The Morgan fingerprint density at radius 3 is 2.65 bits per heavy atom. The molecule has 0 saturated carbocycles. The molecule has 1 amide bonds. The molecule has 1 fully saturated rings. The SMILES string of the molecule is O=C(O)CC1(NC(=O)Cc2ccc3c(c2)OCCO3)CCOC1. The van der Waals surface area contributed by atoms with Crippen LogP contribution in [0.15, 0.2) is 18.2 Å². The Morgan fingerprint density at radius 2 is 1.96 bits per heavy atom. The molecule has 0 aliphatic carbocycles. The van der Waals surface area contributed by atoms with Gasteiger partial charge in [0.25, 0.3) is 0 Å². The maximum absolute atomic E-state index is 12.3. The predicted octanol–water partition coefficient (Wildman–Crippen LogP) is 0.750. The van der Waals surface area contributed by atoms with Crippen molar-refractivity contribution in [1.29, 1.82) is 0 Å². The Bertz CT molecular complexity index is 609. The molecule has 0 spiro atoms. The first-order chi connectivity index (χ1) is 11.1. The van der Waals surface area contributed by atoms with Crippen LogP contribution in [-0.4, -0.2) is 48.9 Å². The quantitative estimate of drug-likeness (QED) is 0.831. The van der Waals surface area contributed by atoms with Gasteiger partial charge in [0, 0.05) is 6.61 Å². The number of hydrogen-bond donors (Lipinski definition) is 2.